The molecule has 0 aliphatic heterocycles. The van der Waals surface area contributed by atoms with E-state index < -0.39 is 5.91 Å². The third-order valence-electron chi connectivity index (χ3n) is 2.21. The molecule has 0 bridgehead atoms. The van der Waals surface area contributed by atoms with Crippen molar-refractivity contribution < 1.29 is 14.3 Å². The second kappa shape index (κ2) is 8.14. The number of methoxy groups -OCH3 is 1. The Morgan fingerprint density at radius 3 is 2.79 bits per heavy atom. The van der Waals surface area contributed by atoms with E-state index in [1.807, 2.05) is 0 Å². The highest BCUT2D eigenvalue weighted by Crippen LogP contribution is 2.20. The maximum Gasteiger partial charge on any atom is 0.253 e. The van der Waals surface area contributed by atoms with E-state index in [2.05, 4.69) is 26.6 Å². The summed E-state index contributed by atoms with van der Waals surface area (Å²) in [6.45, 7) is 0.728. The average molecular weight is 350 g/mol. The number of amides is 2. The molecule has 0 saturated carbocycles. The zero-order valence-electron chi connectivity index (χ0n) is 10.3. The Labute approximate surface area is 124 Å². The van der Waals surface area contributed by atoms with Gasteiger partial charge in [-0.05, 0) is 18.2 Å². The van der Waals surface area contributed by atoms with Crippen LogP contribution in [-0.4, -0.2) is 38.6 Å². The van der Waals surface area contributed by atoms with Gasteiger partial charge < -0.3 is 15.4 Å². The van der Waals surface area contributed by atoms with Gasteiger partial charge in [-0.3, -0.25) is 9.59 Å². The number of hydrogen-bond acceptors (Lipinski definition) is 3. The third-order valence-corrected chi connectivity index (χ3v) is 3.03. The Balaban J connectivity index is 2.47. The van der Waals surface area contributed by atoms with Crippen molar-refractivity contribution in [1.82, 2.24) is 10.6 Å². The van der Waals surface area contributed by atoms with Crippen LogP contribution in [-0.2, 0) is 9.53 Å². The molecule has 1 rings (SSSR count). The van der Waals surface area contributed by atoms with Crippen molar-refractivity contribution in [3.8, 4) is 0 Å². The third kappa shape index (κ3) is 5.59. The Hall–Kier alpha value is -1.11. The Bertz CT molecular complexity index is 468. The van der Waals surface area contributed by atoms with Gasteiger partial charge in [0.05, 0.1) is 23.7 Å². The van der Waals surface area contributed by atoms with Crippen molar-refractivity contribution in [2.75, 3.05) is 26.8 Å². The van der Waals surface area contributed by atoms with Gasteiger partial charge in [-0.1, -0.05) is 27.5 Å². The normalized spacial score (nSPS) is 10.1. The van der Waals surface area contributed by atoms with Gasteiger partial charge in [0, 0.05) is 18.1 Å². The first-order valence-electron chi connectivity index (χ1n) is 5.53. The largest absolute Gasteiger partial charge is 0.383 e. The fourth-order valence-electron chi connectivity index (χ4n) is 1.28. The minimum atomic E-state index is -0.395. The number of benzene rings is 1. The fourth-order valence-corrected chi connectivity index (χ4v) is 1.85. The topological polar surface area (TPSA) is 67.4 Å². The van der Waals surface area contributed by atoms with E-state index in [0.717, 1.165) is 4.47 Å². The highest BCUT2D eigenvalue weighted by Gasteiger charge is 2.11. The van der Waals surface area contributed by atoms with Crippen molar-refractivity contribution in [3.63, 3.8) is 0 Å². The van der Waals surface area contributed by atoms with E-state index in [9.17, 15) is 9.59 Å². The van der Waals surface area contributed by atoms with Gasteiger partial charge in [-0.25, -0.2) is 0 Å². The summed E-state index contributed by atoms with van der Waals surface area (Å²) in [5, 5.41) is 5.43. The molecule has 0 aliphatic rings. The highest BCUT2D eigenvalue weighted by molar-refractivity contribution is 9.10. The molecule has 1 aromatic rings. The van der Waals surface area contributed by atoms with Gasteiger partial charge in [0.2, 0.25) is 5.91 Å². The summed E-state index contributed by atoms with van der Waals surface area (Å²) in [6.07, 6.45) is 0. The van der Waals surface area contributed by atoms with E-state index in [1.54, 1.807) is 25.3 Å². The van der Waals surface area contributed by atoms with Crippen molar-refractivity contribution in [3.05, 3.63) is 33.3 Å². The smallest absolute Gasteiger partial charge is 0.253 e. The Morgan fingerprint density at radius 2 is 2.11 bits per heavy atom. The summed E-state index contributed by atoms with van der Waals surface area (Å²) in [5.41, 5.74) is 0.320. The molecule has 2 amide bonds. The molecule has 0 atom stereocenters. The number of carbonyl (C=O) groups excluding carboxylic acids is 2. The van der Waals surface area contributed by atoms with Gasteiger partial charge in [0.25, 0.3) is 5.91 Å². The van der Waals surface area contributed by atoms with Gasteiger partial charge >= 0.3 is 0 Å². The SMILES string of the molecule is COCCNC(=O)CNC(=O)c1cc(Br)ccc1Cl. The Morgan fingerprint density at radius 1 is 1.37 bits per heavy atom. The van der Waals surface area contributed by atoms with Crippen molar-refractivity contribution in [1.29, 1.82) is 0 Å². The molecular formula is C12H14BrClN2O3. The number of hydrogen-bond donors (Lipinski definition) is 2. The molecule has 7 heteroatoms. The lowest BCUT2D eigenvalue weighted by molar-refractivity contribution is -0.120. The number of carbonyl (C=O) groups is 2. The molecule has 0 spiro atoms. The second-order valence-corrected chi connectivity index (χ2v) is 4.97. The minimum Gasteiger partial charge on any atom is -0.383 e. The molecule has 0 aliphatic carbocycles. The van der Waals surface area contributed by atoms with Crippen LogP contribution in [0.2, 0.25) is 5.02 Å². The number of nitrogens with one attached hydrogen (secondary N) is 2. The van der Waals surface area contributed by atoms with Crippen LogP contribution in [0, 0.1) is 0 Å². The first-order chi connectivity index (χ1) is 9.04. The van der Waals surface area contributed by atoms with E-state index in [1.165, 1.54) is 0 Å². The molecular weight excluding hydrogens is 336 g/mol. The summed E-state index contributed by atoms with van der Waals surface area (Å²) < 4.78 is 5.53. The van der Waals surface area contributed by atoms with Crippen LogP contribution >= 0.6 is 27.5 Å². The molecule has 0 fully saturated rings. The maximum absolute atomic E-state index is 11.8. The van der Waals surface area contributed by atoms with Crippen LogP contribution in [0.4, 0.5) is 0 Å². The Kier molecular flexibility index (Phi) is 6.83. The molecule has 5 nitrogen and oxygen atoms in total. The summed E-state index contributed by atoms with van der Waals surface area (Å²) >= 11 is 9.16. The van der Waals surface area contributed by atoms with Crippen LogP contribution in [0.5, 0.6) is 0 Å². The molecule has 19 heavy (non-hydrogen) atoms. The van der Waals surface area contributed by atoms with E-state index in [4.69, 9.17) is 16.3 Å². The molecule has 2 N–H and O–H groups in total. The van der Waals surface area contributed by atoms with Crippen LogP contribution in [0.15, 0.2) is 22.7 Å². The quantitative estimate of drug-likeness (QED) is 0.767. The predicted octanol–water partition coefficient (Wildman–Crippen LogP) is 1.59. The second-order valence-electron chi connectivity index (χ2n) is 3.65. The van der Waals surface area contributed by atoms with Crippen molar-refractivity contribution in [2.45, 2.75) is 0 Å². The molecule has 0 saturated heterocycles. The fraction of sp³-hybridized carbons (Fsp3) is 0.333. The van der Waals surface area contributed by atoms with E-state index in [-0.39, 0.29) is 12.5 Å². The molecule has 1 aromatic carbocycles. The minimum absolute atomic E-state index is 0.106. The van der Waals surface area contributed by atoms with Crippen molar-refractivity contribution >= 4 is 39.3 Å². The highest BCUT2D eigenvalue weighted by atomic mass is 79.9. The molecule has 0 heterocycles. The number of ether oxygens (including phenoxy) is 1. The van der Waals surface area contributed by atoms with Crippen LogP contribution < -0.4 is 10.6 Å². The lowest BCUT2D eigenvalue weighted by Gasteiger charge is -2.08. The standard InChI is InChI=1S/C12H14BrClN2O3/c1-19-5-4-15-11(17)7-16-12(18)9-6-8(13)2-3-10(9)14/h2-3,6H,4-5,7H2,1H3,(H,15,17)(H,16,18). The zero-order chi connectivity index (χ0) is 14.3. The van der Waals surface area contributed by atoms with E-state index >= 15 is 0 Å². The van der Waals surface area contributed by atoms with Crippen molar-refractivity contribution in [2.24, 2.45) is 0 Å². The predicted molar refractivity (Wildman–Crippen MR) is 76.4 cm³/mol. The lowest BCUT2D eigenvalue weighted by Crippen LogP contribution is -2.38. The average Bonchev–Trinajstić information content (AvgIpc) is 2.39. The molecule has 0 radical (unpaired) electrons. The summed E-state index contributed by atoms with van der Waals surface area (Å²) in [5.74, 6) is -0.676. The number of halogens is 2. The first kappa shape index (κ1) is 15.9. The molecule has 0 aromatic heterocycles. The number of rotatable bonds is 6. The monoisotopic (exact) mass is 348 g/mol. The van der Waals surface area contributed by atoms with Gasteiger partial charge in [0.1, 0.15) is 0 Å². The van der Waals surface area contributed by atoms with Crippen LogP contribution in [0.1, 0.15) is 10.4 Å². The molecule has 0 unspecified atom stereocenters. The van der Waals surface area contributed by atoms with Crippen LogP contribution in [0.25, 0.3) is 0 Å². The van der Waals surface area contributed by atoms with Gasteiger partial charge in [-0.2, -0.15) is 0 Å². The van der Waals surface area contributed by atoms with Crippen LogP contribution in [0.3, 0.4) is 0 Å². The lowest BCUT2D eigenvalue weighted by atomic mass is 10.2. The van der Waals surface area contributed by atoms with Gasteiger partial charge in [-0.15, -0.1) is 0 Å². The zero-order valence-corrected chi connectivity index (χ0v) is 12.7. The summed E-state index contributed by atoms with van der Waals surface area (Å²) in [6, 6.07) is 4.94. The summed E-state index contributed by atoms with van der Waals surface area (Å²) in [4.78, 5) is 23.2. The first-order valence-corrected chi connectivity index (χ1v) is 6.70. The summed E-state index contributed by atoms with van der Waals surface area (Å²) in [7, 11) is 1.54. The van der Waals surface area contributed by atoms with Gasteiger partial charge in [0.15, 0.2) is 0 Å². The van der Waals surface area contributed by atoms with E-state index in [0.29, 0.717) is 23.7 Å². The maximum atomic E-state index is 11.8. The molecule has 104 valence electrons.